The Morgan fingerprint density at radius 2 is 1.96 bits per heavy atom. The Hall–Kier alpha value is -5.98. The summed E-state index contributed by atoms with van der Waals surface area (Å²) in [5, 5.41) is 29.6. The highest BCUT2D eigenvalue weighted by Gasteiger charge is 2.26. The number of nitrogens with one attached hydrogen (secondary N) is 2. The summed E-state index contributed by atoms with van der Waals surface area (Å²) in [5.41, 5.74) is 10.6. The molecule has 246 valence electrons. The maximum Gasteiger partial charge on any atom is 0.512 e. The average molecular weight is 693 g/mol. The van der Waals surface area contributed by atoms with E-state index in [4.69, 9.17) is 15.2 Å². The Morgan fingerprint density at radius 1 is 1.10 bits per heavy atom. The molecule has 7 rings (SSSR count). The van der Waals surface area contributed by atoms with E-state index in [0.29, 0.717) is 76.7 Å². The lowest BCUT2D eigenvalue weighted by Gasteiger charge is -2.29. The van der Waals surface area contributed by atoms with Gasteiger partial charge in [0.2, 0.25) is 5.88 Å². The second kappa shape index (κ2) is 13.6. The van der Waals surface area contributed by atoms with Crippen molar-refractivity contribution >= 4 is 61.0 Å². The smallest absolute Gasteiger partial charge is 0.494 e. The van der Waals surface area contributed by atoms with Crippen LogP contribution in [-0.2, 0) is 19.4 Å². The van der Waals surface area contributed by atoms with Crippen molar-refractivity contribution in [2.75, 3.05) is 29.1 Å². The van der Waals surface area contributed by atoms with Crippen molar-refractivity contribution in [3.05, 3.63) is 93.9 Å². The summed E-state index contributed by atoms with van der Waals surface area (Å²) in [4.78, 5) is 36.8. The quantitative estimate of drug-likeness (QED) is 0.0907. The molecule has 4 heterocycles. The molecule has 0 radical (unpaired) electrons. The number of aromatic amines is 1. The number of nitrogens with zero attached hydrogens (tertiary/aromatic N) is 5. The van der Waals surface area contributed by atoms with Crippen LogP contribution in [0.2, 0.25) is 0 Å². The van der Waals surface area contributed by atoms with Gasteiger partial charge in [-0.1, -0.05) is 59.1 Å². The summed E-state index contributed by atoms with van der Waals surface area (Å²) in [6.07, 6.45) is 0.271. The number of carbonyl (C=O) groups excluding carboxylic acids is 1. The molecule has 13 nitrogen and oxygen atoms in total. The number of ether oxygens (including phenoxy) is 2. The minimum Gasteiger partial charge on any atom is -0.494 e. The van der Waals surface area contributed by atoms with Gasteiger partial charge in [0.25, 0.3) is 5.91 Å². The number of aryl methyl sites for hydroxylation is 1. The van der Waals surface area contributed by atoms with Gasteiger partial charge in [0.15, 0.2) is 16.1 Å². The molecule has 0 spiro atoms. The lowest BCUT2D eigenvalue weighted by Crippen LogP contribution is -2.32. The van der Waals surface area contributed by atoms with E-state index < -0.39 is 6.16 Å². The fraction of sp³-hybridized carbons (Fsp3) is 0.176. The van der Waals surface area contributed by atoms with Crippen molar-refractivity contribution in [1.82, 2.24) is 20.2 Å². The fourth-order valence-corrected chi connectivity index (χ4v) is 7.59. The standard InChI is InChI=1S/C34H28N8O5S2/c35-17-23-28(40-41-29(23)36)20-7-3-8-21(16-20)46-15-5-12-27-31(47-34(44)45)39-33(49-27)42-14-13-19-6-4-9-22(24(19)18-42)30(43)38-32-37-25-10-1-2-11-26(25)48-32/h1-4,6-11,16H,5,12-15,18H2,(H,44,45)(H3,36,40,41)(H,37,38,43). The molecule has 0 atom stereocenters. The molecule has 0 saturated heterocycles. The number of thiazole rings is 2. The van der Waals surface area contributed by atoms with Gasteiger partial charge in [-0.05, 0) is 60.7 Å². The molecule has 49 heavy (non-hydrogen) atoms. The summed E-state index contributed by atoms with van der Waals surface area (Å²) < 4.78 is 12.0. The Labute approximate surface area is 287 Å². The Bertz CT molecular complexity index is 2200. The largest absolute Gasteiger partial charge is 0.512 e. The van der Waals surface area contributed by atoms with Gasteiger partial charge < -0.3 is 25.2 Å². The van der Waals surface area contributed by atoms with Crippen LogP contribution in [0.3, 0.4) is 0 Å². The number of nitrogens with two attached hydrogens (primary N) is 1. The molecule has 1 amide bonds. The number of fused-ring (bicyclic) bond motifs is 2. The minimum atomic E-state index is -1.44. The lowest BCUT2D eigenvalue weighted by atomic mass is 9.94. The Kier molecular flexibility index (Phi) is 8.79. The van der Waals surface area contributed by atoms with E-state index in [0.717, 1.165) is 21.3 Å². The third-order valence-corrected chi connectivity index (χ3v) is 10.1. The molecule has 5 N–H and O–H groups in total. The van der Waals surface area contributed by atoms with Crippen LogP contribution in [0.5, 0.6) is 11.6 Å². The number of rotatable bonds is 10. The van der Waals surface area contributed by atoms with Crippen LogP contribution >= 0.6 is 22.7 Å². The first kappa shape index (κ1) is 31.6. The van der Waals surface area contributed by atoms with Crippen molar-refractivity contribution in [3.63, 3.8) is 0 Å². The van der Waals surface area contributed by atoms with Crippen LogP contribution in [0, 0.1) is 11.3 Å². The highest BCUT2D eigenvalue weighted by Crippen LogP contribution is 2.36. The van der Waals surface area contributed by atoms with Crippen molar-refractivity contribution in [2.24, 2.45) is 0 Å². The van der Waals surface area contributed by atoms with Crippen molar-refractivity contribution in [2.45, 2.75) is 25.8 Å². The molecule has 0 saturated carbocycles. The van der Waals surface area contributed by atoms with Gasteiger partial charge in [-0.25, -0.2) is 9.78 Å². The lowest BCUT2D eigenvalue weighted by molar-refractivity contribution is 0.102. The van der Waals surface area contributed by atoms with E-state index in [9.17, 15) is 20.0 Å². The molecule has 3 aromatic carbocycles. The van der Waals surface area contributed by atoms with Crippen LogP contribution in [-0.4, -0.2) is 50.5 Å². The summed E-state index contributed by atoms with van der Waals surface area (Å²) >= 11 is 2.78. The fourth-order valence-electron chi connectivity index (χ4n) is 5.67. The molecule has 0 aliphatic carbocycles. The molecule has 1 aliphatic heterocycles. The topological polar surface area (TPSA) is 192 Å². The number of H-pyrrole nitrogens is 1. The van der Waals surface area contributed by atoms with Gasteiger partial charge in [0.05, 0.1) is 27.4 Å². The third kappa shape index (κ3) is 6.73. The molecule has 15 heteroatoms. The number of para-hydroxylation sites is 1. The number of hydrogen-bond donors (Lipinski definition) is 4. The number of hydrogen-bond acceptors (Lipinski definition) is 12. The predicted molar refractivity (Wildman–Crippen MR) is 187 cm³/mol. The number of aromatic nitrogens is 4. The van der Waals surface area contributed by atoms with Gasteiger partial charge in [0.1, 0.15) is 17.4 Å². The molecule has 1 aliphatic rings. The van der Waals surface area contributed by atoms with E-state index in [1.54, 1.807) is 18.2 Å². The molecular formula is C34H28N8O5S2. The summed E-state index contributed by atoms with van der Waals surface area (Å²) in [6, 6.07) is 22.7. The van der Waals surface area contributed by atoms with Gasteiger partial charge >= 0.3 is 6.16 Å². The first-order valence-electron chi connectivity index (χ1n) is 15.3. The zero-order valence-electron chi connectivity index (χ0n) is 25.8. The second-order valence-electron chi connectivity index (χ2n) is 11.1. The van der Waals surface area contributed by atoms with E-state index in [1.165, 1.54) is 22.7 Å². The van der Waals surface area contributed by atoms with Crippen LogP contribution < -0.4 is 25.4 Å². The highest BCUT2D eigenvalue weighted by molar-refractivity contribution is 7.22. The monoisotopic (exact) mass is 692 g/mol. The zero-order chi connectivity index (χ0) is 33.9. The van der Waals surface area contributed by atoms with Gasteiger partial charge in [-0.3, -0.25) is 15.2 Å². The number of amides is 1. The summed E-state index contributed by atoms with van der Waals surface area (Å²) in [5.74, 6) is 0.532. The number of benzene rings is 3. The van der Waals surface area contributed by atoms with Crippen molar-refractivity contribution in [1.29, 1.82) is 5.26 Å². The molecule has 0 unspecified atom stereocenters. The average Bonchev–Trinajstić information content (AvgIpc) is 3.82. The van der Waals surface area contributed by atoms with E-state index in [1.807, 2.05) is 53.4 Å². The summed E-state index contributed by atoms with van der Waals surface area (Å²) in [7, 11) is 0. The number of nitriles is 1. The van der Waals surface area contributed by atoms with E-state index in [-0.39, 0.29) is 23.2 Å². The summed E-state index contributed by atoms with van der Waals surface area (Å²) in [6.45, 7) is 1.40. The first-order chi connectivity index (χ1) is 23.9. The highest BCUT2D eigenvalue weighted by atomic mass is 32.1. The maximum absolute atomic E-state index is 13.5. The first-order valence-corrected chi connectivity index (χ1v) is 16.9. The molecule has 6 aromatic rings. The number of nitrogen functional groups attached to an aromatic ring is 1. The Morgan fingerprint density at radius 3 is 2.80 bits per heavy atom. The van der Waals surface area contributed by atoms with E-state index in [2.05, 4.69) is 31.6 Å². The van der Waals surface area contributed by atoms with Gasteiger partial charge in [-0.15, -0.1) is 0 Å². The van der Waals surface area contributed by atoms with Crippen molar-refractivity contribution < 1.29 is 24.2 Å². The zero-order valence-corrected chi connectivity index (χ0v) is 27.4. The van der Waals surface area contributed by atoms with Gasteiger partial charge in [0, 0.05) is 24.2 Å². The SMILES string of the molecule is N#Cc1c(N)n[nH]c1-c1cccc(OCCCc2sc(N3CCc4cccc(C(=O)Nc5nc6ccccc6s5)c4C3)nc2OC(=O)O)c1. The van der Waals surface area contributed by atoms with Gasteiger partial charge in [-0.2, -0.15) is 15.3 Å². The molecular weight excluding hydrogens is 665 g/mol. The molecule has 0 fully saturated rings. The Balaban J connectivity index is 1.03. The van der Waals surface area contributed by atoms with Crippen LogP contribution in [0.25, 0.3) is 21.5 Å². The van der Waals surface area contributed by atoms with Crippen LogP contribution in [0.4, 0.5) is 20.9 Å². The normalized spacial score (nSPS) is 12.3. The molecule has 3 aromatic heterocycles. The third-order valence-electron chi connectivity index (χ3n) is 7.98. The number of carboxylic acid groups (broad SMARTS) is 1. The molecule has 0 bridgehead atoms. The van der Waals surface area contributed by atoms with Crippen molar-refractivity contribution in [3.8, 4) is 29.0 Å². The van der Waals surface area contributed by atoms with E-state index >= 15 is 0 Å². The van der Waals surface area contributed by atoms with Crippen LogP contribution in [0.1, 0.15) is 38.3 Å². The van der Waals surface area contributed by atoms with Crippen LogP contribution in [0.15, 0.2) is 66.7 Å². The maximum atomic E-state index is 13.5. The minimum absolute atomic E-state index is 0.0445. The second-order valence-corrected chi connectivity index (χ2v) is 13.2. The number of carbonyl (C=O) groups is 2. The predicted octanol–water partition coefficient (Wildman–Crippen LogP) is 6.48. The number of anilines is 3.